The van der Waals surface area contributed by atoms with Gasteiger partial charge in [-0.3, -0.25) is 0 Å². The van der Waals surface area contributed by atoms with Crippen LogP contribution in [0.5, 0.6) is 0 Å². The van der Waals surface area contributed by atoms with Gasteiger partial charge in [-0.05, 0) is 36.5 Å². The second-order valence-corrected chi connectivity index (χ2v) is 4.81. The third kappa shape index (κ3) is 2.57. The monoisotopic (exact) mass is 240 g/mol. The molecule has 1 saturated heterocycles. The molecule has 1 aromatic carbocycles. The molecule has 0 aromatic heterocycles. The van der Waals surface area contributed by atoms with E-state index in [0.717, 1.165) is 25.9 Å². The van der Waals surface area contributed by atoms with Crippen molar-refractivity contribution in [3.8, 4) is 0 Å². The molecule has 1 heterocycles. The van der Waals surface area contributed by atoms with Crippen molar-refractivity contribution in [2.75, 3.05) is 18.0 Å². The quantitative estimate of drug-likeness (QED) is 0.861. The molecular formula is C13H18F2N2. The van der Waals surface area contributed by atoms with E-state index in [-0.39, 0.29) is 12.2 Å². The first-order valence-electron chi connectivity index (χ1n) is 6.04. The lowest BCUT2D eigenvalue weighted by atomic mass is 9.99. The average molecular weight is 240 g/mol. The van der Waals surface area contributed by atoms with Crippen LogP contribution in [0.1, 0.15) is 25.3 Å². The molecule has 0 amide bonds. The fourth-order valence-corrected chi connectivity index (χ4v) is 2.43. The zero-order valence-corrected chi connectivity index (χ0v) is 10.0. The van der Waals surface area contributed by atoms with E-state index in [0.29, 0.717) is 11.5 Å². The van der Waals surface area contributed by atoms with Crippen molar-refractivity contribution in [2.24, 2.45) is 11.7 Å². The average Bonchev–Trinajstić information content (AvgIpc) is 2.28. The molecule has 1 aromatic rings. The van der Waals surface area contributed by atoms with Crippen LogP contribution in [0.2, 0.25) is 0 Å². The molecule has 4 heteroatoms. The zero-order valence-electron chi connectivity index (χ0n) is 10.0. The van der Waals surface area contributed by atoms with E-state index in [1.807, 2.05) is 0 Å². The molecular weight excluding hydrogens is 222 g/mol. The highest BCUT2D eigenvalue weighted by Crippen LogP contribution is 2.29. The van der Waals surface area contributed by atoms with Gasteiger partial charge in [0.2, 0.25) is 0 Å². The highest BCUT2D eigenvalue weighted by molar-refractivity contribution is 5.51. The predicted octanol–water partition coefficient (Wildman–Crippen LogP) is 2.66. The Morgan fingerprint density at radius 3 is 2.53 bits per heavy atom. The molecule has 0 radical (unpaired) electrons. The number of hydrogen-bond acceptors (Lipinski definition) is 2. The van der Waals surface area contributed by atoms with E-state index in [9.17, 15) is 8.78 Å². The molecule has 1 aliphatic heterocycles. The zero-order chi connectivity index (χ0) is 12.4. The van der Waals surface area contributed by atoms with Crippen LogP contribution in [0.15, 0.2) is 12.1 Å². The predicted molar refractivity (Wildman–Crippen MR) is 64.9 cm³/mol. The van der Waals surface area contributed by atoms with Gasteiger partial charge in [0, 0.05) is 19.6 Å². The van der Waals surface area contributed by atoms with Crippen molar-refractivity contribution in [1.82, 2.24) is 0 Å². The van der Waals surface area contributed by atoms with Crippen LogP contribution in [0, 0.1) is 17.6 Å². The van der Waals surface area contributed by atoms with Crippen LogP contribution in [0.4, 0.5) is 14.5 Å². The van der Waals surface area contributed by atoms with Crippen molar-refractivity contribution < 1.29 is 8.78 Å². The van der Waals surface area contributed by atoms with Gasteiger partial charge in [0.1, 0.15) is 17.3 Å². The minimum absolute atomic E-state index is 0.105. The SMILES string of the molecule is CC1CCCN(c2c(F)cc(CN)cc2F)C1. The van der Waals surface area contributed by atoms with Crippen LogP contribution >= 0.6 is 0 Å². The van der Waals surface area contributed by atoms with Crippen molar-refractivity contribution in [3.63, 3.8) is 0 Å². The molecule has 1 unspecified atom stereocenters. The van der Waals surface area contributed by atoms with E-state index < -0.39 is 11.6 Å². The van der Waals surface area contributed by atoms with Crippen molar-refractivity contribution in [3.05, 3.63) is 29.3 Å². The lowest BCUT2D eigenvalue weighted by Gasteiger charge is -2.33. The summed E-state index contributed by atoms with van der Waals surface area (Å²) in [5.41, 5.74) is 5.99. The van der Waals surface area contributed by atoms with E-state index in [1.54, 1.807) is 4.90 Å². The van der Waals surface area contributed by atoms with Crippen LogP contribution in [-0.4, -0.2) is 13.1 Å². The molecule has 0 saturated carbocycles. The largest absolute Gasteiger partial charge is 0.367 e. The first kappa shape index (κ1) is 12.3. The molecule has 1 aliphatic rings. The summed E-state index contributed by atoms with van der Waals surface area (Å²) < 4.78 is 27.7. The summed E-state index contributed by atoms with van der Waals surface area (Å²) in [6, 6.07) is 2.66. The van der Waals surface area contributed by atoms with Gasteiger partial charge >= 0.3 is 0 Å². The maximum atomic E-state index is 13.9. The fraction of sp³-hybridized carbons (Fsp3) is 0.538. The van der Waals surface area contributed by atoms with Crippen LogP contribution in [-0.2, 0) is 6.54 Å². The normalized spacial score (nSPS) is 20.7. The molecule has 2 nitrogen and oxygen atoms in total. The fourth-order valence-electron chi connectivity index (χ4n) is 2.43. The first-order valence-corrected chi connectivity index (χ1v) is 6.04. The summed E-state index contributed by atoms with van der Waals surface area (Å²) in [4.78, 5) is 1.80. The Morgan fingerprint density at radius 1 is 1.35 bits per heavy atom. The standard InChI is InChI=1S/C13H18F2N2/c1-9-3-2-4-17(8-9)13-11(14)5-10(7-16)6-12(13)15/h5-6,9H,2-4,7-8,16H2,1H3. The summed E-state index contributed by atoms with van der Waals surface area (Å²) in [5.74, 6) is -0.518. The second kappa shape index (κ2) is 5.00. The topological polar surface area (TPSA) is 29.3 Å². The Kier molecular flexibility index (Phi) is 3.62. The van der Waals surface area contributed by atoms with Gasteiger partial charge in [-0.15, -0.1) is 0 Å². The molecule has 2 rings (SSSR count). The van der Waals surface area contributed by atoms with Gasteiger partial charge < -0.3 is 10.6 Å². The minimum atomic E-state index is -0.500. The lowest BCUT2D eigenvalue weighted by molar-refractivity contribution is 0.435. The summed E-state index contributed by atoms with van der Waals surface area (Å²) in [7, 11) is 0. The Balaban J connectivity index is 2.31. The number of nitrogens with two attached hydrogens (primary N) is 1. The molecule has 0 spiro atoms. The maximum absolute atomic E-state index is 13.9. The van der Waals surface area contributed by atoms with E-state index >= 15 is 0 Å². The van der Waals surface area contributed by atoms with Crippen LogP contribution in [0.25, 0.3) is 0 Å². The molecule has 2 N–H and O–H groups in total. The molecule has 0 bridgehead atoms. The summed E-state index contributed by atoms with van der Waals surface area (Å²) in [5, 5.41) is 0. The number of halogens is 2. The third-order valence-corrected chi connectivity index (χ3v) is 3.29. The van der Waals surface area contributed by atoms with E-state index in [4.69, 9.17) is 5.73 Å². The Hall–Kier alpha value is -1.16. The first-order chi connectivity index (χ1) is 8.11. The van der Waals surface area contributed by atoms with Gasteiger partial charge in [0.15, 0.2) is 0 Å². The summed E-state index contributed by atoms with van der Waals surface area (Å²) in [6.07, 6.45) is 2.11. The molecule has 17 heavy (non-hydrogen) atoms. The summed E-state index contributed by atoms with van der Waals surface area (Å²) >= 11 is 0. The smallest absolute Gasteiger partial charge is 0.149 e. The van der Waals surface area contributed by atoms with Crippen LogP contribution in [0.3, 0.4) is 0 Å². The van der Waals surface area contributed by atoms with Crippen molar-refractivity contribution >= 4 is 5.69 Å². The van der Waals surface area contributed by atoms with E-state index in [1.165, 1.54) is 12.1 Å². The summed E-state index contributed by atoms with van der Waals surface area (Å²) in [6.45, 7) is 3.71. The Bertz CT molecular complexity index is 383. The number of anilines is 1. The van der Waals surface area contributed by atoms with Gasteiger partial charge in [-0.25, -0.2) is 8.78 Å². The number of piperidine rings is 1. The molecule has 1 atom stereocenters. The van der Waals surface area contributed by atoms with Gasteiger partial charge in [-0.1, -0.05) is 6.92 Å². The number of nitrogens with zero attached hydrogens (tertiary/aromatic N) is 1. The Labute approximate surface area is 100 Å². The second-order valence-electron chi connectivity index (χ2n) is 4.81. The highest BCUT2D eigenvalue weighted by Gasteiger charge is 2.22. The van der Waals surface area contributed by atoms with Crippen molar-refractivity contribution in [1.29, 1.82) is 0 Å². The maximum Gasteiger partial charge on any atom is 0.149 e. The van der Waals surface area contributed by atoms with E-state index in [2.05, 4.69) is 6.92 Å². The van der Waals surface area contributed by atoms with Crippen molar-refractivity contribution in [2.45, 2.75) is 26.3 Å². The minimum Gasteiger partial charge on any atom is -0.367 e. The molecule has 94 valence electrons. The number of benzene rings is 1. The number of hydrogen-bond donors (Lipinski definition) is 1. The third-order valence-electron chi connectivity index (χ3n) is 3.29. The highest BCUT2D eigenvalue weighted by atomic mass is 19.1. The van der Waals surface area contributed by atoms with Gasteiger partial charge in [-0.2, -0.15) is 0 Å². The molecule has 0 aliphatic carbocycles. The lowest BCUT2D eigenvalue weighted by Crippen LogP contribution is -2.35. The van der Waals surface area contributed by atoms with Gasteiger partial charge in [0.05, 0.1) is 0 Å². The Morgan fingerprint density at radius 2 is 2.00 bits per heavy atom. The van der Waals surface area contributed by atoms with Crippen LogP contribution < -0.4 is 10.6 Å². The van der Waals surface area contributed by atoms with Gasteiger partial charge in [0.25, 0.3) is 0 Å². The number of rotatable bonds is 2. The molecule has 1 fully saturated rings.